The van der Waals surface area contributed by atoms with E-state index in [1.807, 2.05) is 147 Å². The molecule has 0 saturated heterocycles. The second-order valence-electron chi connectivity index (χ2n) is 15.9. The Bertz CT molecular complexity index is 2600. The first kappa shape index (κ1) is 39.9. The third kappa shape index (κ3) is 7.93. The summed E-state index contributed by atoms with van der Waals surface area (Å²) >= 11 is 0. The van der Waals surface area contributed by atoms with E-state index in [4.69, 9.17) is 14.5 Å². The van der Waals surface area contributed by atoms with Gasteiger partial charge in [-0.3, -0.25) is 0 Å². The van der Waals surface area contributed by atoms with E-state index in [1.54, 1.807) is 6.33 Å². The molecule has 1 amide bonds. The number of ether oxygens (including phenoxy) is 2. The van der Waals surface area contributed by atoms with Crippen molar-refractivity contribution in [2.24, 2.45) is 0 Å². The van der Waals surface area contributed by atoms with E-state index in [1.165, 1.54) is 0 Å². The monoisotopic (exact) mass is 813 g/mol. The van der Waals surface area contributed by atoms with E-state index in [0.717, 1.165) is 61.2 Å². The lowest BCUT2D eigenvalue weighted by atomic mass is 9.77. The molecule has 1 aliphatic rings. The topological polar surface area (TPSA) is 82.5 Å². The summed E-state index contributed by atoms with van der Waals surface area (Å²) in [6.07, 6.45) is 2.36. The van der Waals surface area contributed by atoms with Crippen molar-refractivity contribution in [2.45, 2.75) is 43.9 Å². The molecule has 9 rings (SSSR count). The number of benzene rings is 7. The normalized spacial score (nSPS) is 12.6. The molecule has 0 radical (unpaired) electrons. The highest BCUT2D eigenvalue weighted by Gasteiger charge is 2.39. The molecule has 1 N–H and O–H groups in total. The maximum atomic E-state index is 14.7. The second-order valence-corrected chi connectivity index (χ2v) is 15.9. The Kier molecular flexibility index (Phi) is 11.3. The number of rotatable bonds is 13. The van der Waals surface area contributed by atoms with Crippen molar-refractivity contribution in [2.75, 3.05) is 6.61 Å². The molecule has 1 aromatic heterocycles. The van der Waals surface area contributed by atoms with Crippen molar-refractivity contribution in [3.63, 3.8) is 0 Å². The number of imidazole rings is 1. The number of nitrogens with zero attached hydrogens (tertiary/aromatic N) is 2. The smallest absolute Gasteiger partial charge is 0.407 e. The van der Waals surface area contributed by atoms with Crippen LogP contribution in [0.15, 0.2) is 201 Å². The first-order valence-electron chi connectivity index (χ1n) is 21.0. The molecule has 8 aromatic rings. The van der Waals surface area contributed by atoms with Gasteiger partial charge in [0.05, 0.1) is 12.0 Å². The zero-order valence-electron chi connectivity index (χ0n) is 34.7. The number of aromatic nitrogens is 2. The minimum absolute atomic E-state index is 0.0407. The van der Waals surface area contributed by atoms with Crippen molar-refractivity contribution in [1.82, 2.24) is 14.9 Å². The van der Waals surface area contributed by atoms with Gasteiger partial charge in [0.25, 0.3) is 0 Å². The van der Waals surface area contributed by atoms with Crippen molar-refractivity contribution < 1.29 is 19.1 Å². The van der Waals surface area contributed by atoms with Crippen molar-refractivity contribution in [3.8, 4) is 11.1 Å². The average molecular weight is 814 g/mol. The number of carbonyl (C=O) groups is 2. The summed E-state index contributed by atoms with van der Waals surface area (Å²) in [5.41, 5.74) is 11.1. The van der Waals surface area contributed by atoms with Gasteiger partial charge in [0.2, 0.25) is 0 Å². The average Bonchev–Trinajstić information content (AvgIpc) is 3.92. The molecule has 7 nitrogen and oxygen atoms in total. The van der Waals surface area contributed by atoms with E-state index >= 15 is 0 Å². The van der Waals surface area contributed by atoms with Gasteiger partial charge in [-0.1, -0.05) is 199 Å². The van der Waals surface area contributed by atoms with Crippen LogP contribution in [-0.4, -0.2) is 34.3 Å². The van der Waals surface area contributed by atoms with Crippen LogP contribution in [0.2, 0.25) is 0 Å². The van der Waals surface area contributed by atoms with Crippen LogP contribution >= 0.6 is 0 Å². The fraction of sp³-hybridized carbons (Fsp3) is 0.145. The van der Waals surface area contributed by atoms with Crippen LogP contribution in [0.1, 0.15) is 67.8 Å². The van der Waals surface area contributed by atoms with E-state index in [-0.39, 0.29) is 18.9 Å². The van der Waals surface area contributed by atoms with Gasteiger partial charge in [0.1, 0.15) is 18.2 Å². The number of nitrogens with one attached hydrogen (secondary N) is 1. The van der Waals surface area contributed by atoms with E-state index in [2.05, 4.69) is 70.5 Å². The first-order valence-corrected chi connectivity index (χ1v) is 21.0. The van der Waals surface area contributed by atoms with Crippen LogP contribution in [-0.2, 0) is 26.2 Å². The maximum Gasteiger partial charge on any atom is 0.407 e. The lowest BCUT2D eigenvalue weighted by molar-refractivity contribution is -0.150. The van der Waals surface area contributed by atoms with E-state index in [9.17, 15) is 9.59 Å². The summed E-state index contributed by atoms with van der Waals surface area (Å²) in [7, 11) is 0. The summed E-state index contributed by atoms with van der Waals surface area (Å²) < 4.78 is 14.6. The van der Waals surface area contributed by atoms with Gasteiger partial charge in [0, 0.05) is 18.5 Å². The fourth-order valence-corrected chi connectivity index (χ4v) is 8.83. The minimum atomic E-state index is -1.15. The van der Waals surface area contributed by atoms with Crippen LogP contribution < -0.4 is 5.32 Å². The predicted octanol–water partition coefficient (Wildman–Crippen LogP) is 11.1. The van der Waals surface area contributed by atoms with Crippen LogP contribution in [0.5, 0.6) is 0 Å². The number of esters is 1. The number of aryl methyl sites for hydroxylation is 2. The van der Waals surface area contributed by atoms with Crippen molar-refractivity contribution in [1.29, 1.82) is 0 Å². The van der Waals surface area contributed by atoms with Gasteiger partial charge in [-0.25, -0.2) is 14.6 Å². The number of carbonyl (C=O) groups excluding carboxylic acids is 2. The molecule has 0 saturated carbocycles. The zero-order valence-corrected chi connectivity index (χ0v) is 34.7. The Morgan fingerprint density at radius 1 is 0.613 bits per heavy atom. The Morgan fingerprint density at radius 3 is 1.55 bits per heavy atom. The lowest BCUT2D eigenvalue weighted by Gasteiger charge is -2.37. The van der Waals surface area contributed by atoms with E-state index in [0.29, 0.717) is 5.69 Å². The molecule has 1 atom stereocenters. The van der Waals surface area contributed by atoms with Gasteiger partial charge in [-0.15, -0.1) is 0 Å². The number of hydrogen-bond donors (Lipinski definition) is 1. The second kappa shape index (κ2) is 17.6. The van der Waals surface area contributed by atoms with Crippen LogP contribution in [0, 0.1) is 13.8 Å². The molecule has 1 heterocycles. The molecular weight excluding hydrogens is 767 g/mol. The summed E-state index contributed by atoms with van der Waals surface area (Å²) in [5, 5.41) is 2.92. The number of amides is 1. The molecule has 0 spiro atoms. The van der Waals surface area contributed by atoms with Gasteiger partial charge in [0.15, 0.2) is 6.10 Å². The number of alkyl carbamates (subject to hydrolysis) is 1. The lowest BCUT2D eigenvalue weighted by Crippen LogP contribution is -2.44. The summed E-state index contributed by atoms with van der Waals surface area (Å²) in [4.78, 5) is 33.6. The number of hydrogen-bond acceptors (Lipinski definition) is 5. The number of fused-ring (bicyclic) bond motifs is 3. The Balaban J connectivity index is 1.06. The quantitative estimate of drug-likeness (QED) is 0.0926. The highest BCUT2D eigenvalue weighted by molar-refractivity contribution is 5.82. The highest BCUT2D eigenvalue weighted by atomic mass is 16.6. The summed E-state index contributed by atoms with van der Waals surface area (Å²) in [6, 6.07) is 62.1. The first-order chi connectivity index (χ1) is 30.4. The van der Waals surface area contributed by atoms with Gasteiger partial charge < -0.3 is 19.4 Å². The van der Waals surface area contributed by atoms with Gasteiger partial charge in [-0.2, -0.15) is 0 Å². The summed E-state index contributed by atoms with van der Waals surface area (Å²) in [5.74, 6) is -0.761. The van der Waals surface area contributed by atoms with Gasteiger partial charge >= 0.3 is 12.1 Å². The highest BCUT2D eigenvalue weighted by Crippen LogP contribution is 2.45. The molecular formula is C55H47N3O4. The molecule has 7 aromatic carbocycles. The Hall–Kier alpha value is -7.51. The largest absolute Gasteiger partial charge is 0.451 e. The third-order valence-electron chi connectivity index (χ3n) is 11.9. The van der Waals surface area contributed by atoms with Crippen molar-refractivity contribution >= 4 is 12.1 Å². The van der Waals surface area contributed by atoms with Crippen molar-refractivity contribution in [3.05, 3.63) is 256 Å². The van der Waals surface area contributed by atoms with Crippen LogP contribution in [0.3, 0.4) is 0 Å². The van der Waals surface area contributed by atoms with Crippen LogP contribution in [0.25, 0.3) is 11.1 Å². The maximum absolute atomic E-state index is 14.7. The zero-order chi connectivity index (χ0) is 42.5. The molecule has 7 heteroatoms. The van der Waals surface area contributed by atoms with Crippen LogP contribution in [0.4, 0.5) is 4.79 Å². The SMILES string of the molecule is Cc1ccc(C(OC(=O)[C@H](Cc2cn(C(c3ccccc3)(c3ccccc3)c3ccccc3)cn2)NC(=O)OCC2c3ccccc3-c3ccccc32)c2ccc(C)cc2)cc1. The Morgan fingerprint density at radius 2 is 1.06 bits per heavy atom. The molecule has 0 fully saturated rings. The Labute approximate surface area is 362 Å². The van der Waals surface area contributed by atoms with Gasteiger partial charge in [-0.05, 0) is 63.9 Å². The molecule has 62 heavy (non-hydrogen) atoms. The molecule has 1 aliphatic carbocycles. The third-order valence-corrected chi connectivity index (χ3v) is 11.9. The fourth-order valence-electron chi connectivity index (χ4n) is 8.83. The minimum Gasteiger partial charge on any atom is -0.451 e. The predicted molar refractivity (Wildman–Crippen MR) is 243 cm³/mol. The molecule has 0 aliphatic heterocycles. The van der Waals surface area contributed by atoms with E-state index < -0.39 is 29.7 Å². The molecule has 0 unspecified atom stereocenters. The molecule has 306 valence electrons. The summed E-state index contributed by atoms with van der Waals surface area (Å²) in [6.45, 7) is 4.14. The molecule has 0 bridgehead atoms. The standard InChI is InChI=1S/C55H47N3O4/c1-38-26-30-40(31-27-38)52(41-32-28-39(2)29-33-41)62-53(59)51(57-54(60)61-36-50-48-24-14-12-22-46(48)47-23-13-15-25-49(47)50)34-45-35-58(37-56-45)55(42-16-6-3-7-17-42,43-18-8-4-9-19-43)44-20-10-5-11-21-44/h3-33,35,37,50-52H,34,36H2,1-2H3,(H,57,60)/t51-/m0/s1.